The third kappa shape index (κ3) is 4.11. The van der Waals surface area contributed by atoms with Gasteiger partial charge in [-0.05, 0) is 49.3 Å². The molecule has 19 heavy (non-hydrogen) atoms. The van der Waals surface area contributed by atoms with Crippen LogP contribution in [-0.4, -0.2) is 46.1 Å². The molecule has 0 spiro atoms. The maximum Gasteiger partial charge on any atom is 0.231 e. The summed E-state index contributed by atoms with van der Waals surface area (Å²) < 4.78 is 0. The summed E-state index contributed by atoms with van der Waals surface area (Å²) in [6.07, 6.45) is 1.26. The second-order valence-electron chi connectivity index (χ2n) is 4.51. The van der Waals surface area contributed by atoms with Crippen LogP contribution in [0.2, 0.25) is 5.28 Å². The number of anilines is 2. The highest BCUT2D eigenvalue weighted by atomic mass is 35.5. The Balaban J connectivity index is 2.03. The third-order valence-corrected chi connectivity index (χ3v) is 4.62. The molecule has 1 fully saturated rings. The van der Waals surface area contributed by atoms with Crippen molar-refractivity contribution in [1.82, 2.24) is 15.0 Å². The molecule has 1 aromatic heterocycles. The maximum absolute atomic E-state index is 5.97. The zero-order valence-corrected chi connectivity index (χ0v) is 13.0. The molecule has 1 aliphatic heterocycles. The first-order valence-corrected chi connectivity index (χ1v) is 8.24. The molecule has 1 aliphatic rings. The lowest BCUT2D eigenvalue weighted by Gasteiger charge is -2.19. The van der Waals surface area contributed by atoms with Crippen LogP contribution in [0.25, 0.3) is 0 Å². The van der Waals surface area contributed by atoms with Crippen LogP contribution in [0.3, 0.4) is 0 Å². The molecule has 0 amide bonds. The first-order chi connectivity index (χ1) is 9.22. The zero-order valence-electron chi connectivity index (χ0n) is 11.4. The van der Waals surface area contributed by atoms with E-state index < -0.39 is 0 Å². The summed E-state index contributed by atoms with van der Waals surface area (Å²) in [5.74, 6) is 4.41. The van der Waals surface area contributed by atoms with Crippen molar-refractivity contribution in [3.8, 4) is 0 Å². The Morgan fingerprint density at radius 3 is 2.74 bits per heavy atom. The van der Waals surface area contributed by atoms with Crippen LogP contribution in [0.15, 0.2) is 0 Å². The number of hydrogen-bond donors (Lipinski definition) is 1. The molecule has 5 nitrogen and oxygen atoms in total. The number of halogens is 1. The van der Waals surface area contributed by atoms with Gasteiger partial charge in [-0.2, -0.15) is 26.7 Å². The molecule has 1 aromatic rings. The van der Waals surface area contributed by atoms with E-state index in [4.69, 9.17) is 11.6 Å². The van der Waals surface area contributed by atoms with Gasteiger partial charge in [0.2, 0.25) is 17.2 Å². The van der Waals surface area contributed by atoms with Gasteiger partial charge in [-0.1, -0.05) is 0 Å². The number of nitrogens with one attached hydrogen (secondary N) is 1. The standard InChI is InChI=1S/C12H20ClN5S/c1-3-18(4-2)12-16-10(13)15-11(17-12)14-7-9-5-6-19-8-9/h9H,3-8H2,1-2H3,(H,14,15,16,17). The van der Waals surface area contributed by atoms with Gasteiger partial charge in [0.25, 0.3) is 0 Å². The fourth-order valence-electron chi connectivity index (χ4n) is 2.05. The smallest absolute Gasteiger partial charge is 0.231 e. The second-order valence-corrected chi connectivity index (χ2v) is 6.00. The van der Waals surface area contributed by atoms with Gasteiger partial charge in [-0.25, -0.2) is 0 Å². The number of hydrogen-bond acceptors (Lipinski definition) is 6. The molecular weight excluding hydrogens is 282 g/mol. The first-order valence-electron chi connectivity index (χ1n) is 6.71. The number of nitrogens with zero attached hydrogens (tertiary/aromatic N) is 4. The molecule has 2 heterocycles. The van der Waals surface area contributed by atoms with Gasteiger partial charge in [0.15, 0.2) is 0 Å². The maximum atomic E-state index is 5.97. The molecule has 0 radical (unpaired) electrons. The normalized spacial score (nSPS) is 18.6. The first kappa shape index (κ1) is 14.7. The van der Waals surface area contributed by atoms with Gasteiger partial charge in [0.05, 0.1) is 0 Å². The Kier molecular flexibility index (Phi) is 5.51. The van der Waals surface area contributed by atoms with E-state index in [1.165, 1.54) is 17.9 Å². The summed E-state index contributed by atoms with van der Waals surface area (Å²) in [4.78, 5) is 14.8. The fourth-order valence-corrected chi connectivity index (χ4v) is 3.49. The predicted octanol–water partition coefficient (Wildman–Crippen LogP) is 2.54. The summed E-state index contributed by atoms with van der Waals surface area (Å²) >= 11 is 7.98. The largest absolute Gasteiger partial charge is 0.354 e. The van der Waals surface area contributed by atoms with E-state index >= 15 is 0 Å². The molecule has 0 aliphatic carbocycles. The Bertz CT molecular complexity index is 407. The number of aromatic nitrogens is 3. The minimum Gasteiger partial charge on any atom is -0.354 e. The topological polar surface area (TPSA) is 53.9 Å². The number of rotatable bonds is 6. The lowest BCUT2D eigenvalue weighted by atomic mass is 10.1. The Morgan fingerprint density at radius 2 is 2.11 bits per heavy atom. The minimum absolute atomic E-state index is 0.250. The van der Waals surface area contributed by atoms with Crippen molar-refractivity contribution in [3.05, 3.63) is 5.28 Å². The fraction of sp³-hybridized carbons (Fsp3) is 0.750. The van der Waals surface area contributed by atoms with Gasteiger partial charge < -0.3 is 10.2 Å². The van der Waals surface area contributed by atoms with Crippen LogP contribution < -0.4 is 10.2 Å². The Labute approximate surface area is 123 Å². The van der Waals surface area contributed by atoms with Crippen LogP contribution in [0.5, 0.6) is 0 Å². The van der Waals surface area contributed by atoms with E-state index in [1.54, 1.807) is 0 Å². The SMILES string of the molecule is CCN(CC)c1nc(Cl)nc(NCC2CCSC2)n1. The highest BCUT2D eigenvalue weighted by Crippen LogP contribution is 2.23. The molecule has 1 unspecified atom stereocenters. The summed E-state index contributed by atoms with van der Waals surface area (Å²) in [5.41, 5.74) is 0. The van der Waals surface area contributed by atoms with E-state index in [9.17, 15) is 0 Å². The molecule has 1 saturated heterocycles. The molecule has 0 saturated carbocycles. The lowest BCUT2D eigenvalue weighted by molar-refractivity contribution is 0.628. The van der Waals surface area contributed by atoms with Gasteiger partial charge in [0, 0.05) is 19.6 Å². The monoisotopic (exact) mass is 301 g/mol. The van der Waals surface area contributed by atoms with Crippen molar-refractivity contribution in [2.45, 2.75) is 20.3 Å². The van der Waals surface area contributed by atoms with Crippen molar-refractivity contribution >= 4 is 35.3 Å². The molecule has 106 valence electrons. The van der Waals surface area contributed by atoms with Crippen molar-refractivity contribution in [2.24, 2.45) is 5.92 Å². The summed E-state index contributed by atoms with van der Waals surface area (Å²) in [7, 11) is 0. The number of thioether (sulfide) groups is 1. The van der Waals surface area contributed by atoms with Crippen molar-refractivity contribution in [2.75, 3.05) is 41.4 Å². The molecular formula is C12H20ClN5S. The van der Waals surface area contributed by atoms with Gasteiger partial charge in [-0.3, -0.25) is 0 Å². The van der Waals surface area contributed by atoms with Crippen molar-refractivity contribution in [3.63, 3.8) is 0 Å². The van der Waals surface area contributed by atoms with E-state index in [2.05, 4.69) is 39.0 Å². The lowest BCUT2D eigenvalue weighted by Crippen LogP contribution is -2.25. The minimum atomic E-state index is 0.250. The summed E-state index contributed by atoms with van der Waals surface area (Å²) in [5, 5.41) is 3.53. The Morgan fingerprint density at radius 1 is 1.32 bits per heavy atom. The van der Waals surface area contributed by atoms with Crippen LogP contribution in [0.4, 0.5) is 11.9 Å². The highest BCUT2D eigenvalue weighted by Gasteiger charge is 2.16. The van der Waals surface area contributed by atoms with E-state index in [0.717, 1.165) is 19.6 Å². The molecule has 7 heteroatoms. The second kappa shape index (κ2) is 7.14. The summed E-state index contributed by atoms with van der Waals surface area (Å²) in [6, 6.07) is 0. The third-order valence-electron chi connectivity index (χ3n) is 3.22. The van der Waals surface area contributed by atoms with Crippen LogP contribution >= 0.6 is 23.4 Å². The highest BCUT2D eigenvalue weighted by molar-refractivity contribution is 7.99. The molecule has 1 N–H and O–H groups in total. The Hall–Kier alpha value is -0.750. The van der Waals surface area contributed by atoms with Crippen LogP contribution in [0, 0.1) is 5.92 Å². The van der Waals surface area contributed by atoms with E-state index in [1.807, 2.05) is 11.8 Å². The predicted molar refractivity (Wildman–Crippen MR) is 82.3 cm³/mol. The van der Waals surface area contributed by atoms with Crippen molar-refractivity contribution in [1.29, 1.82) is 0 Å². The molecule has 1 atom stereocenters. The van der Waals surface area contributed by atoms with Gasteiger partial charge in [0.1, 0.15) is 0 Å². The van der Waals surface area contributed by atoms with Gasteiger partial charge in [-0.15, -0.1) is 0 Å². The van der Waals surface area contributed by atoms with Gasteiger partial charge >= 0.3 is 0 Å². The summed E-state index contributed by atoms with van der Waals surface area (Å²) in [6.45, 7) is 6.77. The zero-order chi connectivity index (χ0) is 13.7. The average Bonchev–Trinajstić information content (AvgIpc) is 2.90. The van der Waals surface area contributed by atoms with E-state index in [0.29, 0.717) is 17.8 Å². The molecule has 0 aromatic carbocycles. The van der Waals surface area contributed by atoms with Crippen LogP contribution in [0.1, 0.15) is 20.3 Å². The average molecular weight is 302 g/mol. The molecule has 0 bridgehead atoms. The molecule has 2 rings (SSSR count). The van der Waals surface area contributed by atoms with Crippen LogP contribution in [-0.2, 0) is 0 Å². The van der Waals surface area contributed by atoms with Crippen molar-refractivity contribution < 1.29 is 0 Å². The quantitative estimate of drug-likeness (QED) is 0.871. The van der Waals surface area contributed by atoms with E-state index in [-0.39, 0.29) is 5.28 Å².